The van der Waals surface area contributed by atoms with Crippen LogP contribution in [0.15, 0.2) is 72.8 Å². The van der Waals surface area contributed by atoms with Gasteiger partial charge in [0.2, 0.25) is 5.91 Å². The fourth-order valence-corrected chi connectivity index (χ4v) is 4.56. The van der Waals surface area contributed by atoms with Crippen molar-refractivity contribution in [3.05, 3.63) is 95.3 Å². The van der Waals surface area contributed by atoms with E-state index in [2.05, 4.69) is 10.6 Å². The predicted molar refractivity (Wildman–Crippen MR) is 158 cm³/mol. The standard InChI is InChI=1S/C30H32FN3O6.C2H6/c1-19-8-13-25(24(31)18-19)32-28(36)27(20(2)21-6-4-3-5-7-21)34-29(37)26(33-30(34)38)22-9-11-23(12-10-22)40-17-16-39-15-14-35;1-2/h3-13,18,20,26-27,35H,14-17H2,1-2H3,(H,32,36)(H,33,38);1-2H3/t20?,26-,27?;/m1./s1. The van der Waals surface area contributed by atoms with Gasteiger partial charge in [-0.25, -0.2) is 14.1 Å². The molecular formula is C32H38FN3O6. The molecule has 0 saturated carbocycles. The lowest BCUT2D eigenvalue weighted by molar-refractivity contribution is -0.134. The molecule has 1 saturated heterocycles. The topological polar surface area (TPSA) is 117 Å². The van der Waals surface area contributed by atoms with Crippen molar-refractivity contribution in [1.82, 2.24) is 10.2 Å². The van der Waals surface area contributed by atoms with Gasteiger partial charge < -0.3 is 25.2 Å². The number of rotatable bonds is 12. The lowest BCUT2D eigenvalue weighted by atomic mass is 9.91. The second-order valence-electron chi connectivity index (χ2n) is 9.46. The molecule has 1 heterocycles. The second-order valence-corrected chi connectivity index (χ2v) is 9.46. The number of amides is 4. The number of benzene rings is 3. The molecule has 3 atom stereocenters. The summed E-state index contributed by atoms with van der Waals surface area (Å²) >= 11 is 0. The maximum atomic E-state index is 14.6. The van der Waals surface area contributed by atoms with Gasteiger partial charge in [-0.2, -0.15) is 0 Å². The molecule has 10 heteroatoms. The molecule has 224 valence electrons. The number of urea groups is 1. The van der Waals surface area contributed by atoms with Gasteiger partial charge in [-0.15, -0.1) is 0 Å². The molecule has 0 radical (unpaired) electrons. The summed E-state index contributed by atoms with van der Waals surface area (Å²) in [6.45, 7) is 8.22. The van der Waals surface area contributed by atoms with E-state index < -0.39 is 41.7 Å². The molecule has 4 rings (SSSR count). The average molecular weight is 580 g/mol. The Labute approximate surface area is 245 Å². The molecular weight excluding hydrogens is 541 g/mol. The van der Waals surface area contributed by atoms with Gasteiger partial charge in [0.25, 0.3) is 5.91 Å². The number of hydrogen-bond donors (Lipinski definition) is 3. The first kappa shape index (κ1) is 32.2. The van der Waals surface area contributed by atoms with Gasteiger partial charge in [-0.1, -0.05) is 69.3 Å². The Morgan fingerprint density at radius 2 is 1.71 bits per heavy atom. The zero-order valence-electron chi connectivity index (χ0n) is 24.3. The minimum atomic E-state index is -1.25. The fraction of sp³-hybridized carbons (Fsp3) is 0.344. The molecule has 0 aromatic heterocycles. The Hall–Kier alpha value is -4.28. The lowest BCUT2D eigenvalue weighted by Crippen LogP contribution is -2.50. The van der Waals surface area contributed by atoms with Gasteiger partial charge in [0.15, 0.2) is 0 Å². The molecule has 3 aromatic rings. The minimum absolute atomic E-state index is 0.0400. The number of nitrogens with zero attached hydrogens (tertiary/aromatic N) is 1. The van der Waals surface area contributed by atoms with Crippen LogP contribution in [0.1, 0.15) is 49.4 Å². The average Bonchev–Trinajstić information content (AvgIpc) is 3.29. The molecule has 0 aliphatic carbocycles. The van der Waals surface area contributed by atoms with Crippen molar-refractivity contribution < 1.29 is 33.4 Å². The van der Waals surface area contributed by atoms with Gasteiger partial charge in [0.05, 0.1) is 25.5 Å². The SMILES string of the molecule is CC.Cc1ccc(NC(=O)C(C(C)c2ccccc2)N2C(=O)N[C@H](c3ccc(OCCOCCO)cc3)C2=O)c(F)c1. The molecule has 3 aromatic carbocycles. The molecule has 2 unspecified atom stereocenters. The summed E-state index contributed by atoms with van der Waals surface area (Å²) in [7, 11) is 0. The van der Waals surface area contributed by atoms with Crippen molar-refractivity contribution in [2.45, 2.75) is 45.7 Å². The van der Waals surface area contributed by atoms with Gasteiger partial charge in [-0.3, -0.25) is 9.59 Å². The maximum absolute atomic E-state index is 14.6. The Bertz CT molecular complexity index is 1340. The van der Waals surface area contributed by atoms with Crippen LogP contribution < -0.4 is 15.4 Å². The van der Waals surface area contributed by atoms with Gasteiger partial charge >= 0.3 is 6.03 Å². The largest absolute Gasteiger partial charge is 0.491 e. The van der Waals surface area contributed by atoms with E-state index in [1.807, 2.05) is 19.9 Å². The van der Waals surface area contributed by atoms with Crippen molar-refractivity contribution >= 4 is 23.5 Å². The van der Waals surface area contributed by atoms with Crippen molar-refractivity contribution in [2.24, 2.45) is 0 Å². The molecule has 1 fully saturated rings. The van der Waals surface area contributed by atoms with Crippen LogP contribution in [0.5, 0.6) is 5.75 Å². The van der Waals surface area contributed by atoms with E-state index in [4.69, 9.17) is 14.6 Å². The normalized spacial score (nSPS) is 15.8. The van der Waals surface area contributed by atoms with E-state index in [1.54, 1.807) is 68.4 Å². The molecule has 1 aliphatic rings. The summed E-state index contributed by atoms with van der Waals surface area (Å²) in [5, 5.41) is 14.0. The number of halogens is 1. The number of ether oxygens (including phenoxy) is 2. The quantitative estimate of drug-likeness (QED) is 0.207. The van der Waals surface area contributed by atoms with Crippen LogP contribution in [0.3, 0.4) is 0 Å². The summed E-state index contributed by atoms with van der Waals surface area (Å²) in [6, 6.07) is 17.1. The number of carbonyl (C=O) groups excluding carboxylic acids is 3. The highest BCUT2D eigenvalue weighted by Crippen LogP contribution is 2.32. The Balaban J connectivity index is 0.00000237. The molecule has 0 spiro atoms. The van der Waals surface area contributed by atoms with E-state index in [-0.39, 0.29) is 25.5 Å². The van der Waals surface area contributed by atoms with Crippen LogP contribution in [0.4, 0.5) is 14.9 Å². The molecule has 42 heavy (non-hydrogen) atoms. The van der Waals surface area contributed by atoms with Crippen LogP contribution in [0.25, 0.3) is 0 Å². The lowest BCUT2D eigenvalue weighted by Gasteiger charge is -2.30. The smallest absolute Gasteiger partial charge is 0.325 e. The first-order valence-corrected chi connectivity index (χ1v) is 14.0. The van der Waals surface area contributed by atoms with Gasteiger partial charge in [0.1, 0.15) is 30.3 Å². The third-order valence-corrected chi connectivity index (χ3v) is 6.64. The number of carbonyl (C=O) groups is 3. The number of anilines is 1. The van der Waals surface area contributed by atoms with E-state index in [9.17, 15) is 18.8 Å². The Kier molecular flexibility index (Phi) is 12.0. The van der Waals surface area contributed by atoms with Crippen molar-refractivity contribution in [3.8, 4) is 5.75 Å². The molecule has 0 bridgehead atoms. The maximum Gasteiger partial charge on any atom is 0.325 e. The number of hydrogen-bond acceptors (Lipinski definition) is 6. The van der Waals surface area contributed by atoms with Crippen molar-refractivity contribution in [1.29, 1.82) is 0 Å². The van der Waals surface area contributed by atoms with E-state index >= 15 is 0 Å². The van der Waals surface area contributed by atoms with Crippen molar-refractivity contribution in [3.63, 3.8) is 0 Å². The number of aliphatic hydroxyl groups excluding tert-OH is 1. The van der Waals surface area contributed by atoms with E-state index in [0.29, 0.717) is 23.5 Å². The first-order chi connectivity index (χ1) is 20.3. The summed E-state index contributed by atoms with van der Waals surface area (Å²) in [5.41, 5.74) is 1.90. The number of imide groups is 1. The number of aryl methyl sites for hydroxylation is 1. The summed E-state index contributed by atoms with van der Waals surface area (Å²) < 4.78 is 25.3. The van der Waals surface area contributed by atoms with E-state index in [0.717, 1.165) is 10.5 Å². The highest BCUT2D eigenvalue weighted by molar-refractivity contribution is 6.10. The molecule has 9 nitrogen and oxygen atoms in total. The first-order valence-electron chi connectivity index (χ1n) is 14.0. The van der Waals surface area contributed by atoms with Crippen LogP contribution >= 0.6 is 0 Å². The van der Waals surface area contributed by atoms with Crippen LogP contribution in [0, 0.1) is 12.7 Å². The third kappa shape index (κ3) is 7.92. The van der Waals surface area contributed by atoms with Gasteiger partial charge in [0, 0.05) is 5.92 Å². The Morgan fingerprint density at radius 1 is 1.02 bits per heavy atom. The van der Waals surface area contributed by atoms with Crippen LogP contribution in [-0.2, 0) is 14.3 Å². The number of nitrogens with one attached hydrogen (secondary N) is 2. The second kappa shape index (κ2) is 15.6. The van der Waals surface area contributed by atoms with E-state index in [1.165, 1.54) is 12.1 Å². The third-order valence-electron chi connectivity index (χ3n) is 6.64. The minimum Gasteiger partial charge on any atom is -0.491 e. The fourth-order valence-electron chi connectivity index (χ4n) is 4.56. The van der Waals surface area contributed by atoms with Crippen LogP contribution in [0.2, 0.25) is 0 Å². The molecule has 1 aliphatic heterocycles. The predicted octanol–water partition coefficient (Wildman–Crippen LogP) is 4.95. The van der Waals surface area contributed by atoms with Crippen molar-refractivity contribution in [2.75, 3.05) is 31.7 Å². The molecule has 3 N–H and O–H groups in total. The zero-order chi connectivity index (χ0) is 30.6. The summed E-state index contributed by atoms with van der Waals surface area (Å²) in [5.74, 6) is -1.94. The summed E-state index contributed by atoms with van der Waals surface area (Å²) in [4.78, 5) is 41.4. The molecule has 4 amide bonds. The highest BCUT2D eigenvalue weighted by atomic mass is 19.1. The highest BCUT2D eigenvalue weighted by Gasteiger charge is 2.47. The summed E-state index contributed by atoms with van der Waals surface area (Å²) in [6.07, 6.45) is 0. The Morgan fingerprint density at radius 3 is 2.36 bits per heavy atom. The van der Waals surface area contributed by atoms with Gasteiger partial charge in [-0.05, 0) is 47.9 Å². The van der Waals surface area contributed by atoms with Crippen LogP contribution in [-0.4, -0.2) is 60.3 Å². The monoisotopic (exact) mass is 579 g/mol. The number of aliphatic hydroxyl groups is 1. The zero-order valence-corrected chi connectivity index (χ0v) is 24.3.